The molecule has 2 unspecified atom stereocenters. The van der Waals surface area contributed by atoms with Crippen LogP contribution in [0.3, 0.4) is 0 Å². The van der Waals surface area contributed by atoms with Crippen molar-refractivity contribution in [1.82, 2.24) is 0 Å². The molecule has 6 heteroatoms. The molecule has 0 radical (unpaired) electrons. The highest BCUT2D eigenvalue weighted by atomic mass is 32.2. The lowest BCUT2D eigenvalue weighted by atomic mass is 10.0. The Balaban J connectivity index is 4.12. The predicted molar refractivity (Wildman–Crippen MR) is 68.9 cm³/mol. The first kappa shape index (κ1) is 15.2. The Morgan fingerprint density at radius 2 is 2.19 bits per heavy atom. The van der Waals surface area contributed by atoms with Crippen LogP contribution in [0.2, 0.25) is 0 Å². The summed E-state index contributed by atoms with van der Waals surface area (Å²) in [6.45, 7) is 6.08. The van der Waals surface area contributed by atoms with Gasteiger partial charge in [-0.15, -0.1) is 0 Å². The number of amidine groups is 1. The third kappa shape index (κ3) is 5.37. The van der Waals surface area contributed by atoms with E-state index in [2.05, 4.69) is 4.99 Å². The van der Waals surface area contributed by atoms with E-state index in [1.807, 2.05) is 6.92 Å². The summed E-state index contributed by atoms with van der Waals surface area (Å²) >= 11 is 1.51. The fourth-order valence-corrected chi connectivity index (χ4v) is 2.02. The summed E-state index contributed by atoms with van der Waals surface area (Å²) in [6.07, 6.45) is 0.418. The quantitative estimate of drug-likeness (QED) is 0.453. The van der Waals surface area contributed by atoms with Crippen molar-refractivity contribution in [1.29, 1.82) is 0 Å². The summed E-state index contributed by atoms with van der Waals surface area (Å²) in [7, 11) is 0. The Morgan fingerprint density at radius 3 is 2.56 bits per heavy atom. The van der Waals surface area contributed by atoms with Crippen molar-refractivity contribution in [2.24, 2.45) is 16.5 Å². The number of nitrogens with zero attached hydrogens (tertiary/aromatic N) is 1. The predicted octanol–water partition coefficient (Wildman–Crippen LogP) is 0.677. The van der Waals surface area contributed by atoms with Crippen molar-refractivity contribution in [2.75, 3.05) is 12.3 Å². The van der Waals surface area contributed by atoms with E-state index < -0.39 is 11.5 Å². The third-order valence-electron chi connectivity index (χ3n) is 2.28. The van der Waals surface area contributed by atoms with E-state index in [0.717, 1.165) is 0 Å². The fraction of sp³-hybridized carbons (Fsp3) is 0.800. The zero-order chi connectivity index (χ0) is 12.8. The number of thioether (sulfide) groups is 1. The first-order valence-electron chi connectivity index (χ1n) is 5.22. The number of hydrogen-bond acceptors (Lipinski definition) is 4. The standard InChI is InChI=1S/C10H21N3O2S/c1-4-10(12,9(14)15)6-16-7(2)5-13-8(3)11/h7H,4-6,12H2,1-3H3,(H2,11,13)(H,14,15). The van der Waals surface area contributed by atoms with Gasteiger partial charge in [-0.1, -0.05) is 13.8 Å². The van der Waals surface area contributed by atoms with Gasteiger partial charge in [0.2, 0.25) is 0 Å². The number of nitrogens with two attached hydrogens (primary N) is 2. The maximum absolute atomic E-state index is 10.9. The second kappa shape index (κ2) is 6.75. The van der Waals surface area contributed by atoms with Crippen LogP contribution >= 0.6 is 11.8 Å². The zero-order valence-electron chi connectivity index (χ0n) is 10.1. The van der Waals surface area contributed by atoms with Crippen LogP contribution in [0.15, 0.2) is 4.99 Å². The molecule has 0 aliphatic heterocycles. The van der Waals surface area contributed by atoms with E-state index in [-0.39, 0.29) is 5.25 Å². The lowest BCUT2D eigenvalue weighted by Gasteiger charge is -2.23. The van der Waals surface area contributed by atoms with Crippen LogP contribution < -0.4 is 11.5 Å². The smallest absolute Gasteiger partial charge is 0.324 e. The lowest BCUT2D eigenvalue weighted by Crippen LogP contribution is -2.50. The summed E-state index contributed by atoms with van der Waals surface area (Å²) in [5.74, 6) is -0.0209. The molecule has 5 N–H and O–H groups in total. The minimum absolute atomic E-state index is 0.215. The van der Waals surface area contributed by atoms with Crippen molar-refractivity contribution < 1.29 is 9.90 Å². The molecule has 0 fully saturated rings. The van der Waals surface area contributed by atoms with Crippen LogP contribution in [0.25, 0.3) is 0 Å². The van der Waals surface area contributed by atoms with E-state index in [0.29, 0.717) is 24.6 Å². The third-order valence-corrected chi connectivity index (χ3v) is 3.68. The Bertz CT molecular complexity index is 267. The average molecular weight is 247 g/mol. The van der Waals surface area contributed by atoms with Gasteiger partial charge in [-0.05, 0) is 13.3 Å². The first-order valence-corrected chi connectivity index (χ1v) is 6.27. The number of carboxylic acid groups (broad SMARTS) is 1. The molecule has 94 valence electrons. The highest BCUT2D eigenvalue weighted by Crippen LogP contribution is 2.19. The van der Waals surface area contributed by atoms with E-state index >= 15 is 0 Å². The minimum Gasteiger partial charge on any atom is -0.480 e. The molecule has 0 rings (SSSR count). The summed E-state index contributed by atoms with van der Waals surface area (Å²) in [5.41, 5.74) is 10.0. The molecule has 0 bridgehead atoms. The minimum atomic E-state index is -1.14. The lowest BCUT2D eigenvalue weighted by molar-refractivity contribution is -0.142. The molecule has 0 aromatic rings. The number of hydrogen-bond donors (Lipinski definition) is 3. The molecule has 0 heterocycles. The van der Waals surface area contributed by atoms with Gasteiger partial charge in [0.15, 0.2) is 0 Å². The van der Waals surface area contributed by atoms with Crippen LogP contribution in [-0.2, 0) is 4.79 Å². The van der Waals surface area contributed by atoms with Crippen molar-refractivity contribution in [3.8, 4) is 0 Å². The van der Waals surface area contributed by atoms with E-state index in [1.54, 1.807) is 13.8 Å². The number of aliphatic carboxylic acids is 1. The van der Waals surface area contributed by atoms with Gasteiger partial charge >= 0.3 is 5.97 Å². The van der Waals surface area contributed by atoms with Gasteiger partial charge in [0.1, 0.15) is 5.54 Å². The maximum atomic E-state index is 10.9. The van der Waals surface area contributed by atoms with E-state index in [4.69, 9.17) is 16.6 Å². The van der Waals surface area contributed by atoms with Gasteiger partial charge < -0.3 is 16.6 Å². The van der Waals surface area contributed by atoms with Crippen LogP contribution in [-0.4, -0.2) is 40.0 Å². The van der Waals surface area contributed by atoms with Crippen molar-refractivity contribution in [2.45, 2.75) is 38.0 Å². The Morgan fingerprint density at radius 1 is 1.62 bits per heavy atom. The molecule has 0 aromatic carbocycles. The molecule has 0 aliphatic carbocycles. The van der Waals surface area contributed by atoms with Gasteiger partial charge in [-0.3, -0.25) is 9.79 Å². The molecular weight excluding hydrogens is 226 g/mol. The normalized spacial score (nSPS) is 17.9. The number of rotatable bonds is 7. The maximum Gasteiger partial charge on any atom is 0.324 e. The van der Waals surface area contributed by atoms with Gasteiger partial charge in [0.25, 0.3) is 0 Å². The summed E-state index contributed by atoms with van der Waals surface area (Å²) in [4.78, 5) is 15.0. The Labute approximate surface area is 101 Å². The largest absolute Gasteiger partial charge is 0.480 e. The molecule has 0 saturated carbocycles. The average Bonchev–Trinajstić information content (AvgIpc) is 2.22. The Hall–Kier alpha value is -0.750. The highest BCUT2D eigenvalue weighted by molar-refractivity contribution is 8.00. The molecular formula is C10H21N3O2S. The van der Waals surface area contributed by atoms with Gasteiger partial charge in [-0.2, -0.15) is 11.8 Å². The molecule has 0 aliphatic rings. The molecule has 0 spiro atoms. The van der Waals surface area contributed by atoms with Crippen molar-refractivity contribution >= 4 is 23.6 Å². The Kier molecular flexibility index (Phi) is 6.43. The van der Waals surface area contributed by atoms with Gasteiger partial charge in [-0.25, -0.2) is 0 Å². The van der Waals surface area contributed by atoms with Crippen LogP contribution in [0.1, 0.15) is 27.2 Å². The summed E-state index contributed by atoms with van der Waals surface area (Å²) in [6, 6.07) is 0. The van der Waals surface area contributed by atoms with Crippen molar-refractivity contribution in [3.63, 3.8) is 0 Å². The molecule has 2 atom stereocenters. The van der Waals surface area contributed by atoms with E-state index in [9.17, 15) is 4.79 Å². The number of carboxylic acids is 1. The monoisotopic (exact) mass is 247 g/mol. The van der Waals surface area contributed by atoms with Crippen LogP contribution in [0.5, 0.6) is 0 Å². The topological polar surface area (TPSA) is 102 Å². The summed E-state index contributed by atoms with van der Waals surface area (Å²) in [5, 5.41) is 9.19. The molecule has 5 nitrogen and oxygen atoms in total. The summed E-state index contributed by atoms with van der Waals surface area (Å²) < 4.78 is 0. The van der Waals surface area contributed by atoms with Crippen molar-refractivity contribution in [3.05, 3.63) is 0 Å². The second-order valence-corrected chi connectivity index (χ2v) is 5.35. The van der Waals surface area contributed by atoms with E-state index in [1.165, 1.54) is 11.8 Å². The van der Waals surface area contributed by atoms with Crippen LogP contribution in [0.4, 0.5) is 0 Å². The van der Waals surface area contributed by atoms with Gasteiger partial charge in [0, 0.05) is 11.0 Å². The number of aliphatic imine (C=N–C) groups is 1. The molecule has 16 heavy (non-hydrogen) atoms. The molecule has 0 amide bonds. The number of carbonyl (C=O) groups is 1. The fourth-order valence-electron chi connectivity index (χ4n) is 0.931. The second-order valence-electron chi connectivity index (χ2n) is 3.92. The molecule has 0 saturated heterocycles. The zero-order valence-corrected chi connectivity index (χ0v) is 10.9. The SMILES string of the molecule is CCC(N)(CSC(C)CN=C(C)N)C(=O)O. The first-order chi connectivity index (χ1) is 7.31. The van der Waals surface area contributed by atoms with Gasteiger partial charge in [0.05, 0.1) is 12.4 Å². The molecule has 0 aromatic heterocycles. The van der Waals surface area contributed by atoms with Crippen LogP contribution in [0, 0.1) is 0 Å². The highest BCUT2D eigenvalue weighted by Gasteiger charge is 2.32.